The smallest absolute Gasteiger partial charge is 0.388 e. The topological polar surface area (TPSA) is 20.2 Å². The third kappa shape index (κ3) is 2.50. The highest BCUT2D eigenvalue weighted by Gasteiger charge is 2.33. The van der Waals surface area contributed by atoms with Crippen LogP contribution >= 0.6 is 0 Å². The van der Waals surface area contributed by atoms with Crippen molar-refractivity contribution in [2.45, 2.75) is 32.5 Å². The highest BCUT2D eigenvalue weighted by atomic mass is 19.4. The fraction of sp³-hybridized carbons (Fsp3) is 0.455. The molecule has 0 bridgehead atoms. The third-order valence-electron chi connectivity index (χ3n) is 2.43. The maximum Gasteiger partial charge on any atom is 0.416 e. The van der Waals surface area contributed by atoms with Gasteiger partial charge in [-0.25, -0.2) is 0 Å². The fourth-order valence-electron chi connectivity index (χ4n) is 1.54. The first-order valence-corrected chi connectivity index (χ1v) is 4.72. The van der Waals surface area contributed by atoms with Gasteiger partial charge < -0.3 is 5.11 Å². The SMILES string of the molecule is CCC(O)c1cccc(C(F)(F)F)c1C. The molecule has 0 spiro atoms. The summed E-state index contributed by atoms with van der Waals surface area (Å²) in [5, 5.41) is 9.53. The molecule has 0 aliphatic rings. The van der Waals surface area contributed by atoms with E-state index in [4.69, 9.17) is 0 Å². The van der Waals surface area contributed by atoms with Crippen molar-refractivity contribution in [2.24, 2.45) is 0 Å². The summed E-state index contributed by atoms with van der Waals surface area (Å²) in [6.45, 7) is 3.11. The second-order valence-electron chi connectivity index (χ2n) is 3.44. The van der Waals surface area contributed by atoms with E-state index in [0.717, 1.165) is 6.07 Å². The van der Waals surface area contributed by atoms with Crippen LogP contribution in [-0.4, -0.2) is 5.11 Å². The lowest BCUT2D eigenvalue weighted by molar-refractivity contribution is -0.138. The molecular formula is C11H13F3O. The molecule has 1 aromatic carbocycles. The number of alkyl halides is 3. The first-order chi connectivity index (χ1) is 6.88. The summed E-state index contributed by atoms with van der Waals surface area (Å²) in [5.41, 5.74) is -0.209. The molecule has 1 aromatic rings. The maximum atomic E-state index is 12.5. The van der Waals surface area contributed by atoms with Crippen LogP contribution in [0.15, 0.2) is 18.2 Å². The molecule has 1 unspecified atom stereocenters. The molecular weight excluding hydrogens is 205 g/mol. The van der Waals surface area contributed by atoms with E-state index in [9.17, 15) is 18.3 Å². The zero-order valence-electron chi connectivity index (χ0n) is 8.60. The number of halogens is 3. The molecule has 0 aromatic heterocycles. The van der Waals surface area contributed by atoms with Crippen molar-refractivity contribution in [3.8, 4) is 0 Å². The van der Waals surface area contributed by atoms with E-state index in [1.54, 1.807) is 6.92 Å². The van der Waals surface area contributed by atoms with Gasteiger partial charge in [0.1, 0.15) is 0 Å². The molecule has 4 heteroatoms. The molecule has 1 rings (SSSR count). The minimum Gasteiger partial charge on any atom is -0.388 e. The second kappa shape index (κ2) is 4.23. The zero-order valence-corrected chi connectivity index (χ0v) is 8.60. The van der Waals surface area contributed by atoms with Gasteiger partial charge in [0.25, 0.3) is 0 Å². The van der Waals surface area contributed by atoms with Crippen molar-refractivity contribution < 1.29 is 18.3 Å². The monoisotopic (exact) mass is 218 g/mol. The van der Waals surface area contributed by atoms with Gasteiger partial charge in [0, 0.05) is 0 Å². The molecule has 1 atom stereocenters. The van der Waals surface area contributed by atoms with Crippen molar-refractivity contribution >= 4 is 0 Å². The Morgan fingerprint density at radius 1 is 1.33 bits per heavy atom. The Hall–Kier alpha value is -1.03. The summed E-state index contributed by atoms with van der Waals surface area (Å²) in [5.74, 6) is 0. The van der Waals surface area contributed by atoms with Crippen LogP contribution < -0.4 is 0 Å². The van der Waals surface area contributed by atoms with Crippen molar-refractivity contribution in [1.82, 2.24) is 0 Å². The van der Waals surface area contributed by atoms with E-state index in [1.165, 1.54) is 19.1 Å². The number of hydrogen-bond acceptors (Lipinski definition) is 1. The molecule has 0 saturated heterocycles. The molecule has 0 saturated carbocycles. The fourth-order valence-corrected chi connectivity index (χ4v) is 1.54. The van der Waals surface area contributed by atoms with Gasteiger partial charge in [-0.2, -0.15) is 13.2 Å². The maximum absolute atomic E-state index is 12.5. The highest BCUT2D eigenvalue weighted by Crippen LogP contribution is 2.34. The highest BCUT2D eigenvalue weighted by molar-refractivity contribution is 5.37. The van der Waals surface area contributed by atoms with Crippen molar-refractivity contribution in [2.75, 3.05) is 0 Å². The summed E-state index contributed by atoms with van der Waals surface area (Å²) in [6.07, 6.45) is -4.78. The van der Waals surface area contributed by atoms with Crippen LogP contribution in [0, 0.1) is 6.92 Å². The molecule has 0 aliphatic carbocycles. The predicted octanol–water partition coefficient (Wildman–Crippen LogP) is 3.46. The lowest BCUT2D eigenvalue weighted by Gasteiger charge is -2.16. The molecule has 0 radical (unpaired) electrons. The van der Waals surface area contributed by atoms with Gasteiger partial charge in [0.05, 0.1) is 11.7 Å². The molecule has 1 nitrogen and oxygen atoms in total. The summed E-state index contributed by atoms with van der Waals surface area (Å²) < 4.78 is 37.5. The summed E-state index contributed by atoms with van der Waals surface area (Å²) >= 11 is 0. The second-order valence-corrected chi connectivity index (χ2v) is 3.44. The molecule has 15 heavy (non-hydrogen) atoms. The average molecular weight is 218 g/mol. The van der Waals surface area contributed by atoms with Gasteiger partial charge in [-0.3, -0.25) is 0 Å². The third-order valence-corrected chi connectivity index (χ3v) is 2.43. The molecule has 0 amide bonds. The quantitative estimate of drug-likeness (QED) is 0.806. The van der Waals surface area contributed by atoms with Gasteiger partial charge in [-0.15, -0.1) is 0 Å². The van der Waals surface area contributed by atoms with Gasteiger partial charge in [-0.05, 0) is 30.5 Å². The van der Waals surface area contributed by atoms with Gasteiger partial charge >= 0.3 is 6.18 Å². The summed E-state index contributed by atoms with van der Waals surface area (Å²) in [7, 11) is 0. The van der Waals surface area contributed by atoms with Crippen LogP contribution in [0.4, 0.5) is 13.2 Å². The minimum absolute atomic E-state index is 0.111. The van der Waals surface area contributed by atoms with Crippen LogP contribution in [-0.2, 0) is 6.18 Å². The molecule has 0 aliphatic heterocycles. The van der Waals surface area contributed by atoms with E-state index < -0.39 is 17.8 Å². The number of rotatable bonds is 2. The average Bonchev–Trinajstić information content (AvgIpc) is 2.15. The first-order valence-electron chi connectivity index (χ1n) is 4.72. The lowest BCUT2D eigenvalue weighted by atomic mass is 9.97. The Balaban J connectivity index is 3.23. The Labute approximate surface area is 86.5 Å². The van der Waals surface area contributed by atoms with Crippen molar-refractivity contribution in [1.29, 1.82) is 0 Å². The van der Waals surface area contributed by atoms with Gasteiger partial charge in [-0.1, -0.05) is 19.1 Å². The van der Waals surface area contributed by atoms with E-state index in [-0.39, 0.29) is 5.56 Å². The summed E-state index contributed by atoms with van der Waals surface area (Å²) in [4.78, 5) is 0. The molecule has 0 fully saturated rings. The number of aliphatic hydroxyl groups excluding tert-OH is 1. The van der Waals surface area contributed by atoms with Crippen LogP contribution in [0.5, 0.6) is 0 Å². The normalized spacial score (nSPS) is 14.0. The zero-order chi connectivity index (χ0) is 11.6. The largest absolute Gasteiger partial charge is 0.416 e. The first kappa shape index (κ1) is 12.0. The van der Waals surface area contributed by atoms with Crippen molar-refractivity contribution in [3.05, 3.63) is 34.9 Å². The van der Waals surface area contributed by atoms with Gasteiger partial charge in [0.15, 0.2) is 0 Å². The van der Waals surface area contributed by atoms with E-state index in [1.807, 2.05) is 0 Å². The molecule has 1 N–H and O–H groups in total. The van der Waals surface area contributed by atoms with Gasteiger partial charge in [0.2, 0.25) is 0 Å². The van der Waals surface area contributed by atoms with Crippen molar-refractivity contribution in [3.63, 3.8) is 0 Å². The number of aliphatic hydroxyl groups is 1. The standard InChI is InChI=1S/C11H13F3O/c1-3-10(15)8-5-4-6-9(7(8)2)11(12,13)14/h4-6,10,15H,3H2,1-2H3. The number of benzene rings is 1. The molecule has 84 valence electrons. The molecule has 0 heterocycles. The van der Waals surface area contributed by atoms with E-state index >= 15 is 0 Å². The van der Waals surface area contributed by atoms with Crippen LogP contribution in [0.3, 0.4) is 0 Å². The Kier molecular flexibility index (Phi) is 3.39. The Bertz CT molecular complexity index is 344. The predicted molar refractivity (Wildman–Crippen MR) is 51.4 cm³/mol. The Morgan fingerprint density at radius 2 is 1.93 bits per heavy atom. The summed E-state index contributed by atoms with van der Waals surface area (Å²) in [6, 6.07) is 3.88. The Morgan fingerprint density at radius 3 is 2.40 bits per heavy atom. The van der Waals surface area contributed by atoms with Crippen LogP contribution in [0.2, 0.25) is 0 Å². The van der Waals surface area contributed by atoms with Crippen LogP contribution in [0.25, 0.3) is 0 Å². The van der Waals surface area contributed by atoms with E-state index in [0.29, 0.717) is 12.0 Å². The van der Waals surface area contributed by atoms with Crippen LogP contribution in [0.1, 0.15) is 36.1 Å². The minimum atomic E-state index is -4.35. The lowest BCUT2D eigenvalue weighted by Crippen LogP contribution is -2.10. The van der Waals surface area contributed by atoms with E-state index in [2.05, 4.69) is 0 Å². The number of hydrogen-bond donors (Lipinski definition) is 1.